The number of nitrogens with two attached hydrogens (primary N) is 1. The van der Waals surface area contributed by atoms with Gasteiger partial charge in [-0.1, -0.05) is 18.2 Å². The minimum Gasteiger partial charge on any atom is -0.369 e. The van der Waals surface area contributed by atoms with Gasteiger partial charge in [0, 0.05) is 6.54 Å². The number of benzene rings is 1. The molecule has 0 aliphatic carbocycles. The smallest absolute Gasteiger partial charge is 0.251 e. The van der Waals surface area contributed by atoms with Crippen molar-refractivity contribution in [2.45, 2.75) is 25.3 Å². The molecule has 2 aliphatic rings. The summed E-state index contributed by atoms with van der Waals surface area (Å²) in [6.45, 7) is 1.18. The third kappa shape index (κ3) is 2.62. The van der Waals surface area contributed by atoms with Gasteiger partial charge in [0.15, 0.2) is 0 Å². The summed E-state index contributed by atoms with van der Waals surface area (Å²) < 4.78 is 0. The number of amides is 3. The zero-order valence-electron chi connectivity index (χ0n) is 12.3. The summed E-state index contributed by atoms with van der Waals surface area (Å²) in [4.78, 5) is 39.4. The van der Waals surface area contributed by atoms with Gasteiger partial charge in [0.05, 0.1) is 24.1 Å². The maximum absolute atomic E-state index is 12.6. The van der Waals surface area contributed by atoms with Crippen LogP contribution in [0.3, 0.4) is 0 Å². The molecule has 116 valence electrons. The lowest BCUT2D eigenvalue weighted by Gasteiger charge is -2.34. The molecule has 2 aliphatic heterocycles. The normalized spacial score (nSPS) is 26.5. The van der Waals surface area contributed by atoms with Crippen molar-refractivity contribution >= 4 is 23.4 Å². The van der Waals surface area contributed by atoms with Gasteiger partial charge in [-0.2, -0.15) is 0 Å². The molecule has 0 bridgehead atoms. The molecule has 2 saturated heterocycles. The molecule has 0 aromatic heterocycles. The molecule has 6 heteroatoms. The minimum absolute atomic E-state index is 0.166. The standard InChI is InChI=1S/C16H19N3O3/c17-15(21)11-5-4-8-18(10-11)13-9-14(20)19(16(13)22)12-6-2-1-3-7-12/h1-3,6-7,11,13H,4-5,8-10H2,(H2,17,21). The first-order valence-electron chi connectivity index (χ1n) is 7.53. The number of hydrogen-bond acceptors (Lipinski definition) is 4. The quantitative estimate of drug-likeness (QED) is 0.825. The summed E-state index contributed by atoms with van der Waals surface area (Å²) in [7, 11) is 0. The van der Waals surface area contributed by atoms with Crippen LogP contribution in [0.1, 0.15) is 19.3 Å². The lowest BCUT2D eigenvalue weighted by atomic mass is 9.96. The summed E-state index contributed by atoms with van der Waals surface area (Å²) in [6, 6.07) is 8.46. The van der Waals surface area contributed by atoms with E-state index in [1.54, 1.807) is 24.3 Å². The van der Waals surface area contributed by atoms with E-state index in [0.717, 1.165) is 19.4 Å². The molecule has 2 heterocycles. The van der Waals surface area contributed by atoms with Crippen molar-refractivity contribution in [1.29, 1.82) is 0 Å². The molecule has 1 aromatic rings. The number of rotatable bonds is 3. The van der Waals surface area contributed by atoms with Crippen molar-refractivity contribution in [2.24, 2.45) is 11.7 Å². The first kappa shape index (κ1) is 14.7. The predicted molar refractivity (Wildman–Crippen MR) is 80.8 cm³/mol. The van der Waals surface area contributed by atoms with Gasteiger partial charge in [-0.05, 0) is 31.5 Å². The molecular weight excluding hydrogens is 282 g/mol. The average Bonchev–Trinajstić information content (AvgIpc) is 2.83. The lowest BCUT2D eigenvalue weighted by Crippen LogP contribution is -2.49. The molecule has 0 spiro atoms. The van der Waals surface area contributed by atoms with E-state index in [1.165, 1.54) is 4.90 Å². The Balaban J connectivity index is 1.78. The SMILES string of the molecule is NC(=O)C1CCCN(C2CC(=O)N(c3ccccc3)C2=O)C1. The third-order valence-electron chi connectivity index (χ3n) is 4.43. The molecule has 3 amide bonds. The first-order chi connectivity index (χ1) is 10.6. The molecule has 1 aromatic carbocycles. The van der Waals surface area contributed by atoms with Crippen LogP contribution in [0, 0.1) is 5.92 Å². The Bertz CT molecular complexity index is 602. The van der Waals surface area contributed by atoms with Crippen LogP contribution in [0.15, 0.2) is 30.3 Å². The molecule has 6 nitrogen and oxygen atoms in total. The largest absolute Gasteiger partial charge is 0.369 e. The number of imide groups is 1. The molecule has 0 radical (unpaired) electrons. The number of para-hydroxylation sites is 1. The highest BCUT2D eigenvalue weighted by atomic mass is 16.2. The highest BCUT2D eigenvalue weighted by Crippen LogP contribution is 2.28. The van der Waals surface area contributed by atoms with Crippen LogP contribution in [0.4, 0.5) is 5.69 Å². The maximum Gasteiger partial charge on any atom is 0.251 e. The predicted octanol–water partition coefficient (Wildman–Crippen LogP) is 0.516. The van der Waals surface area contributed by atoms with E-state index in [9.17, 15) is 14.4 Å². The van der Waals surface area contributed by atoms with Gasteiger partial charge in [-0.3, -0.25) is 19.3 Å². The number of likely N-dealkylation sites (tertiary alicyclic amines) is 1. The fraction of sp³-hybridized carbons (Fsp3) is 0.438. The molecular formula is C16H19N3O3. The van der Waals surface area contributed by atoms with E-state index >= 15 is 0 Å². The van der Waals surface area contributed by atoms with Crippen LogP contribution in [0.25, 0.3) is 0 Å². The van der Waals surface area contributed by atoms with Gasteiger partial charge in [0.25, 0.3) is 5.91 Å². The van der Waals surface area contributed by atoms with E-state index in [0.29, 0.717) is 12.2 Å². The minimum atomic E-state index is -0.477. The van der Waals surface area contributed by atoms with E-state index in [2.05, 4.69) is 0 Å². The number of nitrogens with zero attached hydrogens (tertiary/aromatic N) is 2. The second kappa shape index (κ2) is 5.88. The van der Waals surface area contributed by atoms with E-state index < -0.39 is 6.04 Å². The Morgan fingerprint density at radius 1 is 1.18 bits per heavy atom. The van der Waals surface area contributed by atoms with Crippen LogP contribution >= 0.6 is 0 Å². The number of carbonyl (C=O) groups is 3. The third-order valence-corrected chi connectivity index (χ3v) is 4.43. The molecule has 2 unspecified atom stereocenters. The van der Waals surface area contributed by atoms with Crippen molar-refractivity contribution in [3.63, 3.8) is 0 Å². The summed E-state index contributed by atoms with van der Waals surface area (Å²) in [6.07, 6.45) is 1.74. The van der Waals surface area contributed by atoms with Gasteiger partial charge in [-0.25, -0.2) is 4.90 Å². The van der Waals surface area contributed by atoms with Gasteiger partial charge >= 0.3 is 0 Å². The summed E-state index contributed by atoms with van der Waals surface area (Å²) in [5.74, 6) is -0.965. The zero-order valence-corrected chi connectivity index (χ0v) is 12.3. The summed E-state index contributed by atoms with van der Waals surface area (Å²) >= 11 is 0. The second-order valence-corrected chi connectivity index (χ2v) is 5.86. The van der Waals surface area contributed by atoms with Crippen LogP contribution in [-0.4, -0.2) is 41.8 Å². The van der Waals surface area contributed by atoms with Crippen molar-refractivity contribution in [1.82, 2.24) is 4.90 Å². The van der Waals surface area contributed by atoms with E-state index in [4.69, 9.17) is 5.73 Å². The Kier molecular flexibility index (Phi) is 3.94. The Morgan fingerprint density at radius 2 is 1.91 bits per heavy atom. The Hall–Kier alpha value is -2.21. The Labute approximate surface area is 128 Å². The van der Waals surface area contributed by atoms with Crippen LogP contribution in [0.5, 0.6) is 0 Å². The summed E-state index contributed by atoms with van der Waals surface area (Å²) in [5.41, 5.74) is 5.98. The number of piperidine rings is 1. The van der Waals surface area contributed by atoms with Crippen molar-refractivity contribution in [3.8, 4) is 0 Å². The van der Waals surface area contributed by atoms with Gasteiger partial charge in [0.1, 0.15) is 0 Å². The highest BCUT2D eigenvalue weighted by Gasteiger charge is 2.44. The van der Waals surface area contributed by atoms with Crippen molar-refractivity contribution in [3.05, 3.63) is 30.3 Å². The van der Waals surface area contributed by atoms with Crippen molar-refractivity contribution < 1.29 is 14.4 Å². The number of anilines is 1. The second-order valence-electron chi connectivity index (χ2n) is 5.86. The van der Waals surface area contributed by atoms with Gasteiger partial charge in [0.2, 0.25) is 11.8 Å². The fourth-order valence-electron chi connectivity index (χ4n) is 3.27. The van der Waals surface area contributed by atoms with Crippen LogP contribution in [-0.2, 0) is 14.4 Å². The van der Waals surface area contributed by atoms with E-state index in [-0.39, 0.29) is 30.1 Å². The first-order valence-corrected chi connectivity index (χ1v) is 7.53. The molecule has 2 N–H and O–H groups in total. The number of primary amides is 1. The highest BCUT2D eigenvalue weighted by molar-refractivity contribution is 6.22. The van der Waals surface area contributed by atoms with Crippen LogP contribution < -0.4 is 10.6 Å². The topological polar surface area (TPSA) is 83.7 Å². The zero-order chi connectivity index (χ0) is 15.7. The van der Waals surface area contributed by atoms with Crippen LogP contribution in [0.2, 0.25) is 0 Å². The molecule has 2 atom stereocenters. The monoisotopic (exact) mass is 301 g/mol. The summed E-state index contributed by atoms with van der Waals surface area (Å²) in [5, 5.41) is 0. The van der Waals surface area contributed by atoms with Gasteiger partial charge < -0.3 is 5.73 Å². The fourth-order valence-corrected chi connectivity index (χ4v) is 3.27. The molecule has 0 saturated carbocycles. The molecule has 3 rings (SSSR count). The lowest BCUT2D eigenvalue weighted by molar-refractivity contribution is -0.127. The number of hydrogen-bond donors (Lipinski definition) is 1. The molecule has 22 heavy (non-hydrogen) atoms. The maximum atomic E-state index is 12.6. The van der Waals surface area contributed by atoms with Gasteiger partial charge in [-0.15, -0.1) is 0 Å². The van der Waals surface area contributed by atoms with Crippen molar-refractivity contribution in [2.75, 3.05) is 18.0 Å². The van der Waals surface area contributed by atoms with E-state index in [1.807, 2.05) is 11.0 Å². The Morgan fingerprint density at radius 3 is 2.59 bits per heavy atom. The number of carbonyl (C=O) groups excluding carboxylic acids is 3. The molecule has 2 fully saturated rings. The average molecular weight is 301 g/mol.